The second kappa shape index (κ2) is 5.18. The number of fused-ring (bicyclic) bond motifs is 3. The van der Waals surface area contributed by atoms with Crippen LogP contribution in [0.2, 0.25) is 0 Å². The topological polar surface area (TPSA) is 83.6 Å². The number of hydrogen-bond acceptors (Lipinski definition) is 6. The molecule has 0 aliphatic rings. The van der Waals surface area contributed by atoms with E-state index in [0.29, 0.717) is 22.0 Å². The Morgan fingerprint density at radius 1 is 1.32 bits per heavy atom. The molecule has 0 radical (unpaired) electrons. The van der Waals surface area contributed by atoms with Crippen LogP contribution in [0.15, 0.2) is 32.3 Å². The van der Waals surface area contributed by atoms with Crippen molar-refractivity contribution in [3.8, 4) is 11.5 Å². The van der Waals surface area contributed by atoms with Gasteiger partial charge in [-0.25, -0.2) is 4.79 Å². The molecule has 0 N–H and O–H groups in total. The number of hydrogen-bond donors (Lipinski definition) is 0. The summed E-state index contributed by atoms with van der Waals surface area (Å²) in [5.41, 5.74) is -0.409. The van der Waals surface area contributed by atoms with Gasteiger partial charge in [-0.3, -0.25) is 4.79 Å². The maximum atomic E-state index is 12.5. The summed E-state index contributed by atoms with van der Waals surface area (Å²) in [6, 6.07) is 5.23. The van der Waals surface area contributed by atoms with Crippen molar-refractivity contribution in [1.82, 2.24) is 9.72 Å². The van der Waals surface area contributed by atoms with Crippen LogP contribution in [0, 0.1) is 0 Å². The monoisotopic (exact) mass is 302 g/mol. The summed E-state index contributed by atoms with van der Waals surface area (Å²) in [6.45, 7) is 2.02. The molecule has 0 saturated heterocycles. The first-order chi connectivity index (χ1) is 10.6. The van der Waals surface area contributed by atoms with E-state index >= 15 is 0 Å². The van der Waals surface area contributed by atoms with Gasteiger partial charge >= 0.3 is 5.63 Å². The number of ether oxygens (including phenoxy) is 2. The molecule has 0 fully saturated rings. The smallest absolute Gasteiger partial charge is 0.400 e. The van der Waals surface area contributed by atoms with Crippen molar-refractivity contribution in [3.05, 3.63) is 39.0 Å². The van der Waals surface area contributed by atoms with Crippen LogP contribution in [-0.2, 0) is 7.05 Å². The molecular weight excluding hydrogens is 288 g/mol. The molecule has 0 aliphatic carbocycles. The second-order valence-corrected chi connectivity index (χ2v) is 4.70. The predicted molar refractivity (Wildman–Crippen MR) is 80.7 cm³/mol. The molecule has 0 amide bonds. The maximum Gasteiger partial charge on any atom is 0.400 e. The molecule has 114 valence electrons. The molecule has 7 nitrogen and oxygen atoms in total. The standard InChI is InChI=1S/C15H14N2O5/c1-4-21-13-11-9-6-5-8(20-3)7-10(9)17(2)14(18)12(11)16-22-15(13)19/h5-7H,4H2,1-3H3. The highest BCUT2D eigenvalue weighted by atomic mass is 16.5. The predicted octanol–water partition coefficient (Wildman–Crippen LogP) is 1.45. The van der Waals surface area contributed by atoms with E-state index in [-0.39, 0.29) is 23.4 Å². The molecule has 22 heavy (non-hydrogen) atoms. The van der Waals surface area contributed by atoms with Crippen LogP contribution in [0.5, 0.6) is 11.5 Å². The van der Waals surface area contributed by atoms with Gasteiger partial charge in [0.15, 0.2) is 5.52 Å². The molecular formula is C15H14N2O5. The Morgan fingerprint density at radius 3 is 2.77 bits per heavy atom. The molecule has 0 unspecified atom stereocenters. The number of pyridine rings is 1. The highest BCUT2D eigenvalue weighted by Crippen LogP contribution is 2.29. The van der Waals surface area contributed by atoms with E-state index in [9.17, 15) is 9.59 Å². The number of aryl methyl sites for hydroxylation is 1. The fourth-order valence-corrected chi connectivity index (χ4v) is 2.45. The fourth-order valence-electron chi connectivity index (χ4n) is 2.45. The zero-order valence-electron chi connectivity index (χ0n) is 12.4. The van der Waals surface area contributed by atoms with Gasteiger partial charge < -0.3 is 18.6 Å². The lowest BCUT2D eigenvalue weighted by Gasteiger charge is -2.11. The Hall–Kier alpha value is -2.83. The summed E-state index contributed by atoms with van der Waals surface area (Å²) in [7, 11) is 3.17. The average molecular weight is 302 g/mol. The van der Waals surface area contributed by atoms with Gasteiger partial charge in [-0.15, -0.1) is 0 Å². The van der Waals surface area contributed by atoms with Gasteiger partial charge in [0.05, 0.1) is 24.6 Å². The lowest BCUT2D eigenvalue weighted by molar-refractivity contribution is 0.299. The largest absolute Gasteiger partial charge is 0.497 e. The zero-order chi connectivity index (χ0) is 15.9. The fraction of sp³-hybridized carbons (Fsp3) is 0.267. The van der Waals surface area contributed by atoms with Crippen LogP contribution in [-0.4, -0.2) is 23.4 Å². The number of nitrogens with zero attached hydrogens (tertiary/aromatic N) is 2. The van der Waals surface area contributed by atoms with E-state index in [2.05, 4.69) is 9.68 Å². The minimum absolute atomic E-state index is 0.000340. The van der Waals surface area contributed by atoms with E-state index in [4.69, 9.17) is 9.47 Å². The van der Waals surface area contributed by atoms with Gasteiger partial charge in [0.1, 0.15) is 5.75 Å². The lowest BCUT2D eigenvalue weighted by Crippen LogP contribution is -2.21. The van der Waals surface area contributed by atoms with Crippen molar-refractivity contribution in [2.75, 3.05) is 13.7 Å². The van der Waals surface area contributed by atoms with Gasteiger partial charge in [-0.1, -0.05) is 5.16 Å². The number of benzene rings is 1. The minimum Gasteiger partial charge on any atom is -0.497 e. The zero-order valence-corrected chi connectivity index (χ0v) is 12.4. The van der Waals surface area contributed by atoms with Crippen LogP contribution in [0.25, 0.3) is 21.8 Å². The number of aromatic nitrogens is 2. The number of methoxy groups -OCH3 is 1. The van der Waals surface area contributed by atoms with E-state index in [1.165, 1.54) is 4.57 Å². The summed E-state index contributed by atoms with van der Waals surface area (Å²) in [4.78, 5) is 24.4. The van der Waals surface area contributed by atoms with Crippen LogP contribution in [0.4, 0.5) is 0 Å². The van der Waals surface area contributed by atoms with Crippen LogP contribution in [0.3, 0.4) is 0 Å². The third-order valence-electron chi connectivity index (χ3n) is 3.50. The normalized spacial score (nSPS) is 11.0. The maximum absolute atomic E-state index is 12.5. The molecule has 7 heteroatoms. The highest BCUT2D eigenvalue weighted by Gasteiger charge is 2.19. The third-order valence-corrected chi connectivity index (χ3v) is 3.50. The Morgan fingerprint density at radius 2 is 2.09 bits per heavy atom. The van der Waals surface area contributed by atoms with Crippen LogP contribution in [0.1, 0.15) is 6.92 Å². The summed E-state index contributed by atoms with van der Waals surface area (Å²) in [6.07, 6.45) is 0. The van der Waals surface area contributed by atoms with Gasteiger partial charge in [-0.05, 0) is 19.1 Å². The Kier molecular flexibility index (Phi) is 3.32. The molecule has 3 rings (SSSR count). The molecule has 0 bridgehead atoms. The molecule has 1 aromatic carbocycles. The molecule has 0 saturated carbocycles. The van der Waals surface area contributed by atoms with Gasteiger partial charge in [0.2, 0.25) is 5.75 Å². The van der Waals surface area contributed by atoms with Gasteiger partial charge in [-0.2, -0.15) is 0 Å². The quantitative estimate of drug-likeness (QED) is 0.681. The Balaban J connectivity index is 2.60. The Bertz CT molecular complexity index is 987. The van der Waals surface area contributed by atoms with Gasteiger partial charge in [0, 0.05) is 18.5 Å². The SMILES string of the molecule is CCOc1c(=O)onc2c(=O)n(C)c3cc(OC)ccc3c12. The Labute approximate surface area is 124 Å². The van der Waals surface area contributed by atoms with Crippen molar-refractivity contribution in [2.45, 2.75) is 6.92 Å². The first kappa shape index (κ1) is 14.1. The highest BCUT2D eigenvalue weighted by molar-refractivity contribution is 6.07. The summed E-state index contributed by atoms with van der Waals surface area (Å²) in [5.74, 6) is 0.608. The summed E-state index contributed by atoms with van der Waals surface area (Å²) < 4.78 is 16.7. The minimum atomic E-state index is -0.709. The molecule has 0 atom stereocenters. The average Bonchev–Trinajstić information content (AvgIpc) is 2.54. The summed E-state index contributed by atoms with van der Waals surface area (Å²) in [5, 5.41) is 4.67. The van der Waals surface area contributed by atoms with E-state index in [1.54, 1.807) is 39.3 Å². The molecule has 3 aromatic rings. The van der Waals surface area contributed by atoms with E-state index in [1.807, 2.05) is 0 Å². The molecule has 2 aromatic heterocycles. The van der Waals surface area contributed by atoms with Crippen molar-refractivity contribution < 1.29 is 14.0 Å². The lowest BCUT2D eigenvalue weighted by atomic mass is 10.1. The number of rotatable bonds is 3. The van der Waals surface area contributed by atoms with E-state index < -0.39 is 5.63 Å². The van der Waals surface area contributed by atoms with Crippen molar-refractivity contribution in [2.24, 2.45) is 7.05 Å². The third kappa shape index (κ3) is 1.93. The van der Waals surface area contributed by atoms with Gasteiger partial charge in [0.25, 0.3) is 5.56 Å². The van der Waals surface area contributed by atoms with Crippen molar-refractivity contribution >= 4 is 21.8 Å². The summed E-state index contributed by atoms with van der Waals surface area (Å²) >= 11 is 0. The van der Waals surface area contributed by atoms with Crippen molar-refractivity contribution in [1.29, 1.82) is 0 Å². The molecule has 2 heterocycles. The first-order valence-corrected chi connectivity index (χ1v) is 6.71. The molecule has 0 aliphatic heterocycles. The van der Waals surface area contributed by atoms with Crippen LogP contribution >= 0.6 is 0 Å². The van der Waals surface area contributed by atoms with Crippen LogP contribution < -0.4 is 20.7 Å². The first-order valence-electron chi connectivity index (χ1n) is 6.71. The van der Waals surface area contributed by atoms with E-state index in [0.717, 1.165) is 0 Å². The second-order valence-electron chi connectivity index (χ2n) is 4.70. The van der Waals surface area contributed by atoms with Crippen molar-refractivity contribution in [3.63, 3.8) is 0 Å². The molecule has 0 spiro atoms.